The zero-order valence-electron chi connectivity index (χ0n) is 10.7. The Bertz CT molecular complexity index is 309. The molecule has 16 heavy (non-hydrogen) atoms. The van der Waals surface area contributed by atoms with Crippen LogP contribution in [0.5, 0.6) is 0 Å². The summed E-state index contributed by atoms with van der Waals surface area (Å²) in [4.78, 5) is 4.37. The Morgan fingerprint density at radius 2 is 2.00 bits per heavy atom. The molecule has 2 N–H and O–H groups in total. The second-order valence-electron chi connectivity index (χ2n) is 4.95. The van der Waals surface area contributed by atoms with Crippen LogP contribution in [0.4, 0.5) is 0 Å². The fourth-order valence-electron chi connectivity index (χ4n) is 1.65. The molecule has 4 nitrogen and oxygen atoms in total. The van der Waals surface area contributed by atoms with Crippen molar-refractivity contribution in [3.8, 4) is 0 Å². The van der Waals surface area contributed by atoms with Gasteiger partial charge in [0.1, 0.15) is 0 Å². The van der Waals surface area contributed by atoms with Gasteiger partial charge in [0.05, 0.1) is 0 Å². The van der Waals surface area contributed by atoms with Crippen molar-refractivity contribution in [2.45, 2.75) is 58.9 Å². The van der Waals surface area contributed by atoms with Gasteiger partial charge in [-0.3, -0.25) is 0 Å². The molecule has 1 rings (SSSR count). The topological polar surface area (TPSA) is 64.9 Å². The van der Waals surface area contributed by atoms with Gasteiger partial charge in [0.15, 0.2) is 5.82 Å². The van der Waals surface area contributed by atoms with Gasteiger partial charge in [0.2, 0.25) is 5.89 Å². The summed E-state index contributed by atoms with van der Waals surface area (Å²) in [5.41, 5.74) is 6.00. The van der Waals surface area contributed by atoms with Crippen LogP contribution in [0.1, 0.15) is 58.2 Å². The SMILES string of the molecule is CCC(C)c1noc(CC(N)CC(C)C)n1. The van der Waals surface area contributed by atoms with Gasteiger partial charge >= 0.3 is 0 Å². The van der Waals surface area contributed by atoms with Crippen LogP contribution in [0, 0.1) is 5.92 Å². The average molecular weight is 225 g/mol. The molecule has 0 saturated heterocycles. The molecule has 4 heteroatoms. The molecule has 1 aromatic rings. The normalized spacial score (nSPS) is 15.4. The van der Waals surface area contributed by atoms with Gasteiger partial charge in [-0.05, 0) is 18.8 Å². The molecule has 1 heterocycles. The molecule has 0 aromatic carbocycles. The molecule has 92 valence electrons. The molecule has 2 atom stereocenters. The second-order valence-corrected chi connectivity index (χ2v) is 4.95. The Hall–Kier alpha value is -0.900. The quantitative estimate of drug-likeness (QED) is 0.807. The van der Waals surface area contributed by atoms with Crippen molar-refractivity contribution in [1.29, 1.82) is 0 Å². The average Bonchev–Trinajstić information content (AvgIpc) is 2.63. The summed E-state index contributed by atoms with van der Waals surface area (Å²) < 4.78 is 5.20. The van der Waals surface area contributed by atoms with E-state index in [0.717, 1.165) is 18.7 Å². The third kappa shape index (κ3) is 3.93. The first kappa shape index (κ1) is 13.2. The summed E-state index contributed by atoms with van der Waals surface area (Å²) in [6, 6.07) is 0.116. The first-order chi connectivity index (χ1) is 7.52. The highest BCUT2D eigenvalue weighted by atomic mass is 16.5. The van der Waals surface area contributed by atoms with Crippen molar-refractivity contribution in [3.05, 3.63) is 11.7 Å². The zero-order valence-corrected chi connectivity index (χ0v) is 10.7. The smallest absolute Gasteiger partial charge is 0.228 e. The molecule has 0 spiro atoms. The number of nitrogens with zero attached hydrogens (tertiary/aromatic N) is 2. The van der Waals surface area contributed by atoms with Crippen molar-refractivity contribution in [1.82, 2.24) is 10.1 Å². The minimum atomic E-state index is 0.116. The summed E-state index contributed by atoms with van der Waals surface area (Å²) in [5, 5.41) is 3.98. The Balaban J connectivity index is 2.51. The van der Waals surface area contributed by atoms with Crippen molar-refractivity contribution in [2.24, 2.45) is 11.7 Å². The van der Waals surface area contributed by atoms with Gasteiger partial charge in [-0.2, -0.15) is 4.98 Å². The van der Waals surface area contributed by atoms with E-state index >= 15 is 0 Å². The van der Waals surface area contributed by atoms with Gasteiger partial charge in [-0.25, -0.2) is 0 Å². The van der Waals surface area contributed by atoms with Crippen LogP contribution in [0.15, 0.2) is 4.52 Å². The van der Waals surface area contributed by atoms with E-state index in [1.165, 1.54) is 0 Å². The fourth-order valence-corrected chi connectivity index (χ4v) is 1.65. The minimum Gasteiger partial charge on any atom is -0.339 e. The molecular weight excluding hydrogens is 202 g/mol. The van der Waals surface area contributed by atoms with Gasteiger partial charge in [0.25, 0.3) is 0 Å². The largest absolute Gasteiger partial charge is 0.339 e. The predicted molar refractivity (Wildman–Crippen MR) is 64.1 cm³/mol. The van der Waals surface area contributed by atoms with Gasteiger partial charge in [-0.1, -0.05) is 32.9 Å². The lowest BCUT2D eigenvalue weighted by Crippen LogP contribution is -2.24. The second kappa shape index (κ2) is 5.99. The molecular formula is C12H23N3O. The van der Waals surface area contributed by atoms with Crippen molar-refractivity contribution in [2.75, 3.05) is 0 Å². The monoisotopic (exact) mass is 225 g/mol. The molecule has 0 aliphatic carbocycles. The molecule has 2 unspecified atom stereocenters. The molecule has 0 amide bonds. The van der Waals surface area contributed by atoms with Crippen LogP contribution in [0.25, 0.3) is 0 Å². The van der Waals surface area contributed by atoms with Crippen LogP contribution >= 0.6 is 0 Å². The van der Waals surface area contributed by atoms with Gasteiger partial charge in [0, 0.05) is 18.4 Å². The maximum atomic E-state index is 6.00. The van der Waals surface area contributed by atoms with Crippen LogP contribution in [-0.2, 0) is 6.42 Å². The van der Waals surface area contributed by atoms with Gasteiger partial charge < -0.3 is 10.3 Å². The number of aromatic nitrogens is 2. The first-order valence-corrected chi connectivity index (χ1v) is 6.11. The molecule has 0 aliphatic rings. The maximum absolute atomic E-state index is 6.00. The highest BCUT2D eigenvalue weighted by molar-refractivity contribution is 4.94. The lowest BCUT2D eigenvalue weighted by atomic mass is 10.0. The number of hydrogen-bond acceptors (Lipinski definition) is 4. The zero-order chi connectivity index (χ0) is 12.1. The third-order valence-corrected chi connectivity index (χ3v) is 2.75. The lowest BCUT2D eigenvalue weighted by Gasteiger charge is -2.10. The molecule has 0 aliphatic heterocycles. The minimum absolute atomic E-state index is 0.116. The Morgan fingerprint density at radius 1 is 1.31 bits per heavy atom. The van der Waals surface area contributed by atoms with E-state index in [9.17, 15) is 0 Å². The Kier molecular flexibility index (Phi) is 4.93. The van der Waals surface area contributed by atoms with E-state index < -0.39 is 0 Å². The third-order valence-electron chi connectivity index (χ3n) is 2.75. The van der Waals surface area contributed by atoms with Crippen molar-refractivity contribution < 1.29 is 4.52 Å². The van der Waals surface area contributed by atoms with E-state index in [4.69, 9.17) is 10.3 Å². The van der Waals surface area contributed by atoms with Crippen LogP contribution < -0.4 is 5.73 Å². The molecule has 0 radical (unpaired) electrons. The van der Waals surface area contributed by atoms with E-state index in [-0.39, 0.29) is 6.04 Å². The predicted octanol–water partition coefficient (Wildman–Crippen LogP) is 2.50. The van der Waals surface area contributed by atoms with E-state index in [1.54, 1.807) is 0 Å². The molecule has 1 aromatic heterocycles. The van der Waals surface area contributed by atoms with Gasteiger partial charge in [-0.15, -0.1) is 0 Å². The number of rotatable bonds is 6. The molecule has 0 fully saturated rings. The molecule has 0 bridgehead atoms. The lowest BCUT2D eigenvalue weighted by molar-refractivity contribution is 0.353. The Morgan fingerprint density at radius 3 is 2.56 bits per heavy atom. The standard InChI is InChI=1S/C12H23N3O/c1-5-9(4)12-14-11(16-15-12)7-10(13)6-8(2)3/h8-10H,5-7,13H2,1-4H3. The molecule has 0 saturated carbocycles. The van der Waals surface area contributed by atoms with Crippen molar-refractivity contribution >= 4 is 0 Å². The summed E-state index contributed by atoms with van der Waals surface area (Å²) in [6.45, 7) is 8.55. The highest BCUT2D eigenvalue weighted by Gasteiger charge is 2.15. The summed E-state index contributed by atoms with van der Waals surface area (Å²) in [7, 11) is 0. The fraction of sp³-hybridized carbons (Fsp3) is 0.833. The number of nitrogens with two attached hydrogens (primary N) is 1. The van der Waals surface area contributed by atoms with E-state index in [2.05, 4.69) is 37.8 Å². The summed E-state index contributed by atoms with van der Waals surface area (Å²) in [5.74, 6) is 2.43. The highest BCUT2D eigenvalue weighted by Crippen LogP contribution is 2.15. The Labute approximate surface area is 97.6 Å². The van der Waals surface area contributed by atoms with Crippen LogP contribution in [-0.4, -0.2) is 16.2 Å². The van der Waals surface area contributed by atoms with E-state index in [1.807, 2.05) is 0 Å². The summed E-state index contributed by atoms with van der Waals surface area (Å²) >= 11 is 0. The maximum Gasteiger partial charge on any atom is 0.228 e. The summed E-state index contributed by atoms with van der Waals surface area (Å²) in [6.07, 6.45) is 2.69. The first-order valence-electron chi connectivity index (χ1n) is 6.11. The van der Waals surface area contributed by atoms with E-state index in [0.29, 0.717) is 24.1 Å². The van der Waals surface area contributed by atoms with Crippen LogP contribution in [0.2, 0.25) is 0 Å². The van der Waals surface area contributed by atoms with Crippen LogP contribution in [0.3, 0.4) is 0 Å². The number of hydrogen-bond donors (Lipinski definition) is 1. The van der Waals surface area contributed by atoms with Crippen molar-refractivity contribution in [3.63, 3.8) is 0 Å².